The number of hydrogen-bond donors (Lipinski definition) is 1. The van der Waals surface area contributed by atoms with E-state index >= 15 is 0 Å². The van der Waals surface area contributed by atoms with Crippen LogP contribution in [0.15, 0.2) is 29.6 Å². The van der Waals surface area contributed by atoms with Crippen LogP contribution in [0.2, 0.25) is 0 Å². The molecular formula is C24H24O3S. The van der Waals surface area contributed by atoms with E-state index in [-0.39, 0.29) is 5.41 Å². The van der Waals surface area contributed by atoms with Crippen molar-refractivity contribution >= 4 is 17.3 Å². The molecular weight excluding hydrogens is 368 g/mol. The molecule has 2 aromatic rings. The second kappa shape index (κ2) is 6.67. The molecule has 0 unspecified atom stereocenters. The minimum absolute atomic E-state index is 0.261. The van der Waals surface area contributed by atoms with Crippen LogP contribution in [-0.4, -0.2) is 18.2 Å². The van der Waals surface area contributed by atoms with Gasteiger partial charge in [0.2, 0.25) is 0 Å². The number of carboxylic acid groups (broad SMARTS) is 1. The van der Waals surface area contributed by atoms with Crippen molar-refractivity contribution in [1.82, 2.24) is 0 Å². The van der Waals surface area contributed by atoms with Gasteiger partial charge in [0.25, 0.3) is 0 Å². The SMILES string of the molecule is COc1ccc(C#Cc2cc(C(=O)O)cs2)cc1C12CC3CC(CC(C3)C1)C2. The number of carboxylic acids is 1. The number of hydrogen-bond acceptors (Lipinski definition) is 3. The van der Waals surface area contributed by atoms with Crippen molar-refractivity contribution in [1.29, 1.82) is 0 Å². The molecule has 144 valence electrons. The third-order valence-electron chi connectivity index (χ3n) is 6.99. The van der Waals surface area contributed by atoms with Crippen LogP contribution >= 0.6 is 11.3 Å². The average Bonchev–Trinajstić information content (AvgIpc) is 3.14. The van der Waals surface area contributed by atoms with Crippen LogP contribution in [0.5, 0.6) is 5.75 Å². The smallest absolute Gasteiger partial charge is 0.336 e. The normalized spacial score (nSPS) is 30.0. The Kier molecular flexibility index (Phi) is 4.25. The summed E-state index contributed by atoms with van der Waals surface area (Å²) in [6.45, 7) is 0. The lowest BCUT2D eigenvalue weighted by Gasteiger charge is -2.57. The van der Waals surface area contributed by atoms with Crippen LogP contribution in [0.3, 0.4) is 0 Å². The van der Waals surface area contributed by atoms with Gasteiger partial charge in [0.1, 0.15) is 5.75 Å². The maximum atomic E-state index is 11.1. The van der Waals surface area contributed by atoms with Crippen molar-refractivity contribution in [2.75, 3.05) is 7.11 Å². The number of carbonyl (C=O) groups is 1. The second-order valence-electron chi connectivity index (χ2n) is 8.87. The van der Waals surface area contributed by atoms with Crippen LogP contribution < -0.4 is 4.74 Å². The number of benzene rings is 1. The Morgan fingerprint density at radius 1 is 1.11 bits per heavy atom. The molecule has 28 heavy (non-hydrogen) atoms. The molecule has 0 atom stereocenters. The standard InChI is InChI=1S/C24H24O3S/c1-27-22-5-3-15(2-4-20-10-19(14-28-20)23(25)26)9-21(22)24-11-16-6-17(12-24)8-18(7-16)13-24/h3,5,9-10,14,16-18H,6-8,11-13H2,1H3,(H,25,26). The fourth-order valence-electron chi connectivity index (χ4n) is 6.29. The molecule has 4 aliphatic carbocycles. The topological polar surface area (TPSA) is 46.5 Å². The van der Waals surface area contributed by atoms with E-state index in [2.05, 4.69) is 24.0 Å². The summed E-state index contributed by atoms with van der Waals surface area (Å²) < 4.78 is 5.77. The fraction of sp³-hybridized carbons (Fsp3) is 0.458. The highest BCUT2D eigenvalue weighted by Gasteiger charge is 2.52. The molecule has 0 saturated heterocycles. The summed E-state index contributed by atoms with van der Waals surface area (Å²) in [6, 6.07) is 7.96. The van der Waals surface area contributed by atoms with Crippen molar-refractivity contribution < 1.29 is 14.6 Å². The highest BCUT2D eigenvalue weighted by molar-refractivity contribution is 7.10. The van der Waals surface area contributed by atoms with Gasteiger partial charge in [-0.15, -0.1) is 11.3 Å². The Balaban J connectivity index is 1.49. The fourth-order valence-corrected chi connectivity index (χ4v) is 7.02. The van der Waals surface area contributed by atoms with E-state index in [1.807, 2.05) is 6.07 Å². The van der Waals surface area contributed by atoms with Gasteiger partial charge < -0.3 is 9.84 Å². The summed E-state index contributed by atoms with van der Waals surface area (Å²) in [5.74, 6) is 9.12. The summed E-state index contributed by atoms with van der Waals surface area (Å²) >= 11 is 1.38. The van der Waals surface area contributed by atoms with E-state index in [1.54, 1.807) is 18.6 Å². The molecule has 4 fully saturated rings. The van der Waals surface area contributed by atoms with Gasteiger partial charge in [0.05, 0.1) is 17.6 Å². The van der Waals surface area contributed by atoms with Crippen molar-refractivity contribution in [3.05, 3.63) is 51.2 Å². The molecule has 4 saturated carbocycles. The Labute approximate surface area is 169 Å². The molecule has 0 aliphatic heterocycles. The van der Waals surface area contributed by atoms with Crippen molar-refractivity contribution in [3.63, 3.8) is 0 Å². The maximum Gasteiger partial charge on any atom is 0.336 e. The van der Waals surface area contributed by atoms with E-state index in [0.29, 0.717) is 5.56 Å². The van der Waals surface area contributed by atoms with Crippen LogP contribution in [0.4, 0.5) is 0 Å². The largest absolute Gasteiger partial charge is 0.496 e. The van der Waals surface area contributed by atoms with Crippen LogP contribution in [0, 0.1) is 29.6 Å². The maximum absolute atomic E-state index is 11.1. The second-order valence-corrected chi connectivity index (χ2v) is 9.78. The molecule has 4 aliphatic rings. The van der Waals surface area contributed by atoms with Gasteiger partial charge in [-0.3, -0.25) is 0 Å². The zero-order valence-corrected chi connectivity index (χ0v) is 16.8. The van der Waals surface area contributed by atoms with Crippen LogP contribution in [0.1, 0.15) is 64.9 Å². The highest BCUT2D eigenvalue weighted by Crippen LogP contribution is 2.61. The van der Waals surface area contributed by atoms with E-state index in [9.17, 15) is 4.79 Å². The molecule has 1 aromatic heterocycles. The first-order valence-corrected chi connectivity index (χ1v) is 10.9. The Bertz CT molecular complexity index is 955. The van der Waals surface area contributed by atoms with Gasteiger partial charge in [0, 0.05) is 16.5 Å². The predicted octanol–water partition coefficient (Wildman–Crippen LogP) is 5.32. The van der Waals surface area contributed by atoms with Gasteiger partial charge in [-0.2, -0.15) is 0 Å². The molecule has 0 radical (unpaired) electrons. The van der Waals surface area contributed by atoms with Gasteiger partial charge in [-0.1, -0.05) is 11.8 Å². The van der Waals surface area contributed by atoms with Crippen LogP contribution in [0.25, 0.3) is 0 Å². The molecule has 4 bridgehead atoms. The lowest BCUT2D eigenvalue weighted by atomic mass is 9.48. The van der Waals surface area contributed by atoms with E-state index in [0.717, 1.165) is 33.9 Å². The van der Waals surface area contributed by atoms with Crippen molar-refractivity contribution in [2.24, 2.45) is 17.8 Å². The van der Waals surface area contributed by atoms with Gasteiger partial charge in [-0.25, -0.2) is 4.79 Å². The van der Waals surface area contributed by atoms with Gasteiger partial charge in [-0.05, 0) is 86.0 Å². The third-order valence-corrected chi connectivity index (χ3v) is 7.83. The lowest BCUT2D eigenvalue weighted by Crippen LogP contribution is -2.48. The molecule has 0 spiro atoms. The number of aromatic carboxylic acids is 1. The minimum atomic E-state index is -0.905. The molecule has 0 amide bonds. The zero-order chi connectivity index (χ0) is 19.3. The van der Waals surface area contributed by atoms with E-state index < -0.39 is 5.97 Å². The Morgan fingerprint density at radius 2 is 1.79 bits per heavy atom. The minimum Gasteiger partial charge on any atom is -0.496 e. The number of ether oxygens (including phenoxy) is 1. The predicted molar refractivity (Wildman–Crippen MR) is 110 cm³/mol. The number of methoxy groups -OCH3 is 1. The summed E-state index contributed by atoms with van der Waals surface area (Å²) in [5.41, 5.74) is 2.89. The first-order valence-electron chi connectivity index (χ1n) is 10.1. The van der Waals surface area contributed by atoms with E-state index in [1.165, 1.54) is 55.4 Å². The van der Waals surface area contributed by atoms with Gasteiger partial charge in [0.15, 0.2) is 0 Å². The van der Waals surface area contributed by atoms with E-state index in [4.69, 9.17) is 9.84 Å². The Hall–Kier alpha value is -2.25. The van der Waals surface area contributed by atoms with Crippen molar-refractivity contribution in [2.45, 2.75) is 43.9 Å². The monoisotopic (exact) mass is 392 g/mol. The number of thiophene rings is 1. The zero-order valence-electron chi connectivity index (χ0n) is 16.0. The molecule has 6 rings (SSSR count). The summed E-state index contributed by atoms with van der Waals surface area (Å²) in [6.07, 6.45) is 8.14. The Morgan fingerprint density at radius 3 is 2.36 bits per heavy atom. The molecule has 1 aromatic carbocycles. The quantitative estimate of drug-likeness (QED) is 0.719. The van der Waals surface area contributed by atoms with Crippen molar-refractivity contribution in [3.8, 4) is 17.6 Å². The lowest BCUT2D eigenvalue weighted by molar-refractivity contribution is -0.00616. The first-order chi connectivity index (χ1) is 13.5. The van der Waals surface area contributed by atoms with Crippen LogP contribution in [-0.2, 0) is 5.41 Å². The molecule has 4 heteroatoms. The average molecular weight is 393 g/mol. The first kappa shape index (κ1) is 17.8. The third kappa shape index (κ3) is 3.02. The molecule has 1 N–H and O–H groups in total. The summed E-state index contributed by atoms with van der Waals surface area (Å²) in [7, 11) is 1.77. The molecule has 1 heterocycles. The highest BCUT2D eigenvalue weighted by atomic mass is 32.1. The summed E-state index contributed by atoms with van der Waals surface area (Å²) in [4.78, 5) is 11.8. The number of rotatable bonds is 3. The summed E-state index contributed by atoms with van der Waals surface area (Å²) in [5, 5.41) is 10.7. The van der Waals surface area contributed by atoms with Gasteiger partial charge >= 0.3 is 5.97 Å². The molecule has 3 nitrogen and oxygen atoms in total.